The van der Waals surface area contributed by atoms with Gasteiger partial charge in [0, 0.05) is 23.7 Å². The summed E-state index contributed by atoms with van der Waals surface area (Å²) in [5.41, 5.74) is 7.80. The lowest BCUT2D eigenvalue weighted by Crippen LogP contribution is -2.18. The second-order valence-corrected chi connectivity index (χ2v) is 4.97. The lowest BCUT2D eigenvalue weighted by Gasteiger charge is -2.24. The van der Waals surface area contributed by atoms with Crippen LogP contribution in [0.15, 0.2) is 48.5 Å². The highest BCUT2D eigenvalue weighted by Gasteiger charge is 2.13. The largest absolute Gasteiger partial charge is 0.368 e. The molecule has 1 aromatic heterocycles. The zero-order chi connectivity index (χ0) is 14.8. The maximum atomic E-state index is 5.79. The van der Waals surface area contributed by atoms with Crippen LogP contribution >= 0.6 is 0 Å². The van der Waals surface area contributed by atoms with Crippen molar-refractivity contribution < 1.29 is 0 Å². The molecule has 0 unspecified atom stereocenters. The van der Waals surface area contributed by atoms with Crippen LogP contribution in [-0.2, 0) is 0 Å². The fraction of sp³-hybridized carbons (Fsp3) is 0.176. The Morgan fingerprint density at radius 2 is 1.81 bits per heavy atom. The monoisotopic (exact) mass is 278 g/mol. The topological polar surface area (TPSA) is 55.0 Å². The molecule has 3 rings (SSSR count). The van der Waals surface area contributed by atoms with Gasteiger partial charge in [0.05, 0.1) is 5.69 Å². The molecular weight excluding hydrogens is 260 g/mol. The van der Waals surface area contributed by atoms with Crippen molar-refractivity contribution in [1.82, 2.24) is 9.97 Å². The molecule has 4 nitrogen and oxygen atoms in total. The number of hydrogen-bond acceptors (Lipinski definition) is 4. The highest BCUT2D eigenvalue weighted by molar-refractivity contribution is 5.95. The lowest BCUT2D eigenvalue weighted by molar-refractivity contribution is 0.976. The van der Waals surface area contributed by atoms with E-state index in [1.165, 1.54) is 10.8 Å². The normalized spacial score (nSPS) is 10.8. The van der Waals surface area contributed by atoms with E-state index in [2.05, 4.69) is 64.3 Å². The minimum absolute atomic E-state index is 0.309. The first-order valence-corrected chi connectivity index (χ1v) is 7.05. The Morgan fingerprint density at radius 3 is 2.57 bits per heavy atom. The number of anilines is 3. The molecular formula is C17H18N4. The standard InChI is InChI=1S/C17H18N4/c1-3-21(16-11-12(2)19-17(18)20-16)15-10-6-8-13-7-4-5-9-14(13)15/h4-11H,3H2,1-2H3,(H2,18,19,20). The van der Waals surface area contributed by atoms with Gasteiger partial charge in [-0.3, -0.25) is 0 Å². The fourth-order valence-electron chi connectivity index (χ4n) is 2.61. The maximum absolute atomic E-state index is 5.79. The second-order valence-electron chi connectivity index (χ2n) is 4.97. The van der Waals surface area contributed by atoms with Crippen molar-refractivity contribution in [2.45, 2.75) is 13.8 Å². The summed E-state index contributed by atoms with van der Waals surface area (Å²) in [4.78, 5) is 10.7. The molecule has 0 aliphatic rings. The maximum Gasteiger partial charge on any atom is 0.222 e. The number of rotatable bonds is 3. The number of nitrogens with zero attached hydrogens (tertiary/aromatic N) is 3. The number of benzene rings is 2. The molecule has 21 heavy (non-hydrogen) atoms. The molecule has 2 aromatic carbocycles. The van der Waals surface area contributed by atoms with E-state index in [4.69, 9.17) is 5.73 Å². The van der Waals surface area contributed by atoms with Crippen molar-refractivity contribution in [1.29, 1.82) is 0 Å². The third-order valence-electron chi connectivity index (χ3n) is 3.51. The summed E-state index contributed by atoms with van der Waals surface area (Å²) >= 11 is 0. The zero-order valence-electron chi connectivity index (χ0n) is 12.2. The van der Waals surface area contributed by atoms with Crippen LogP contribution in [-0.4, -0.2) is 16.5 Å². The van der Waals surface area contributed by atoms with Crippen LogP contribution in [0.4, 0.5) is 17.5 Å². The fourth-order valence-corrected chi connectivity index (χ4v) is 2.61. The van der Waals surface area contributed by atoms with Crippen LogP contribution in [0.1, 0.15) is 12.6 Å². The molecule has 0 atom stereocenters. The van der Waals surface area contributed by atoms with Crippen molar-refractivity contribution in [3.63, 3.8) is 0 Å². The van der Waals surface area contributed by atoms with E-state index in [0.29, 0.717) is 5.95 Å². The number of nitrogens with two attached hydrogens (primary N) is 1. The van der Waals surface area contributed by atoms with Gasteiger partial charge in [-0.15, -0.1) is 0 Å². The van der Waals surface area contributed by atoms with Gasteiger partial charge in [0.2, 0.25) is 5.95 Å². The van der Waals surface area contributed by atoms with Crippen molar-refractivity contribution in [3.05, 3.63) is 54.2 Å². The van der Waals surface area contributed by atoms with E-state index in [-0.39, 0.29) is 0 Å². The number of aryl methyl sites for hydroxylation is 1. The Balaban J connectivity index is 2.18. The molecule has 0 saturated heterocycles. The van der Waals surface area contributed by atoms with Crippen molar-refractivity contribution >= 4 is 28.2 Å². The SMILES string of the molecule is CCN(c1cc(C)nc(N)n1)c1cccc2ccccc12. The van der Waals surface area contributed by atoms with E-state index >= 15 is 0 Å². The zero-order valence-corrected chi connectivity index (χ0v) is 12.2. The Labute approximate surface area is 124 Å². The average Bonchev–Trinajstić information content (AvgIpc) is 2.47. The summed E-state index contributed by atoms with van der Waals surface area (Å²) in [5.74, 6) is 1.14. The Hall–Kier alpha value is -2.62. The molecule has 4 heteroatoms. The molecule has 0 saturated carbocycles. The molecule has 1 heterocycles. The van der Waals surface area contributed by atoms with Gasteiger partial charge in [-0.05, 0) is 25.3 Å². The van der Waals surface area contributed by atoms with E-state index < -0.39 is 0 Å². The molecule has 0 aliphatic carbocycles. The molecule has 0 radical (unpaired) electrons. The van der Waals surface area contributed by atoms with E-state index in [1.54, 1.807) is 0 Å². The van der Waals surface area contributed by atoms with Crippen LogP contribution in [0.3, 0.4) is 0 Å². The van der Waals surface area contributed by atoms with Crippen molar-refractivity contribution in [3.8, 4) is 0 Å². The second kappa shape index (κ2) is 5.40. The Morgan fingerprint density at radius 1 is 1.05 bits per heavy atom. The first-order chi connectivity index (χ1) is 10.2. The molecule has 0 spiro atoms. The van der Waals surface area contributed by atoms with Gasteiger partial charge in [0.1, 0.15) is 5.82 Å². The number of hydrogen-bond donors (Lipinski definition) is 1. The first-order valence-electron chi connectivity index (χ1n) is 7.05. The quantitative estimate of drug-likeness (QED) is 0.794. The minimum Gasteiger partial charge on any atom is -0.368 e. The van der Waals surface area contributed by atoms with Crippen LogP contribution in [0, 0.1) is 6.92 Å². The van der Waals surface area contributed by atoms with Gasteiger partial charge in [0.25, 0.3) is 0 Å². The highest BCUT2D eigenvalue weighted by Crippen LogP contribution is 2.31. The number of fused-ring (bicyclic) bond motifs is 1. The van der Waals surface area contributed by atoms with Crippen LogP contribution in [0.2, 0.25) is 0 Å². The average molecular weight is 278 g/mol. The highest BCUT2D eigenvalue weighted by atomic mass is 15.2. The van der Waals surface area contributed by atoms with E-state index in [0.717, 1.165) is 23.7 Å². The molecule has 0 bridgehead atoms. The molecule has 0 amide bonds. The van der Waals surface area contributed by atoms with Gasteiger partial charge >= 0.3 is 0 Å². The predicted octanol–water partition coefficient (Wildman–Crippen LogP) is 3.68. The van der Waals surface area contributed by atoms with E-state index in [9.17, 15) is 0 Å². The Kier molecular flexibility index (Phi) is 3.44. The third kappa shape index (κ3) is 2.52. The smallest absolute Gasteiger partial charge is 0.222 e. The van der Waals surface area contributed by atoms with Crippen LogP contribution in [0.25, 0.3) is 10.8 Å². The first kappa shape index (κ1) is 13.4. The van der Waals surface area contributed by atoms with Gasteiger partial charge in [-0.1, -0.05) is 36.4 Å². The van der Waals surface area contributed by atoms with Crippen molar-refractivity contribution in [2.24, 2.45) is 0 Å². The number of aromatic nitrogens is 2. The van der Waals surface area contributed by atoms with Crippen molar-refractivity contribution in [2.75, 3.05) is 17.2 Å². The number of nitrogen functional groups attached to an aromatic ring is 1. The van der Waals surface area contributed by atoms with Crippen LogP contribution < -0.4 is 10.6 Å². The summed E-state index contributed by atoms with van der Waals surface area (Å²) in [5, 5.41) is 2.42. The minimum atomic E-state index is 0.309. The molecule has 3 aromatic rings. The summed E-state index contributed by atoms with van der Waals surface area (Å²) in [7, 11) is 0. The molecule has 0 aliphatic heterocycles. The summed E-state index contributed by atoms with van der Waals surface area (Å²) < 4.78 is 0. The van der Waals surface area contributed by atoms with Crippen LogP contribution in [0.5, 0.6) is 0 Å². The molecule has 2 N–H and O–H groups in total. The van der Waals surface area contributed by atoms with Gasteiger partial charge in [-0.2, -0.15) is 4.98 Å². The molecule has 106 valence electrons. The summed E-state index contributed by atoms with van der Waals surface area (Å²) in [6.07, 6.45) is 0. The summed E-state index contributed by atoms with van der Waals surface area (Å²) in [6, 6.07) is 16.6. The molecule has 0 fully saturated rings. The predicted molar refractivity (Wildman–Crippen MR) is 87.8 cm³/mol. The van der Waals surface area contributed by atoms with E-state index in [1.807, 2.05) is 13.0 Å². The Bertz CT molecular complexity index is 757. The van der Waals surface area contributed by atoms with Gasteiger partial charge < -0.3 is 10.6 Å². The van der Waals surface area contributed by atoms with Gasteiger partial charge in [-0.25, -0.2) is 4.98 Å². The summed E-state index contributed by atoms with van der Waals surface area (Å²) in [6.45, 7) is 4.85. The lowest BCUT2D eigenvalue weighted by atomic mass is 10.1. The third-order valence-corrected chi connectivity index (χ3v) is 3.51. The van der Waals surface area contributed by atoms with Gasteiger partial charge in [0.15, 0.2) is 0 Å².